The van der Waals surface area contributed by atoms with Crippen LogP contribution >= 0.6 is 0 Å². The molecule has 0 bridgehead atoms. The number of nitrogens with one attached hydrogen (secondary N) is 3. The summed E-state index contributed by atoms with van der Waals surface area (Å²) < 4.78 is 28.3. The summed E-state index contributed by atoms with van der Waals surface area (Å²) in [5.41, 5.74) is 2.62. The number of benzene rings is 3. The number of carbonyl (C=O) groups excluding carboxylic acids is 2. The Bertz CT molecular complexity index is 1230. The van der Waals surface area contributed by atoms with E-state index in [1.54, 1.807) is 50.2 Å². The van der Waals surface area contributed by atoms with Crippen LogP contribution in [0.1, 0.15) is 34.8 Å². The third kappa shape index (κ3) is 6.03. The Balaban J connectivity index is 1.76. The molecular formula is C24H25N3O4S. The summed E-state index contributed by atoms with van der Waals surface area (Å²) in [6.45, 7) is 3.58. The molecule has 0 atom stereocenters. The van der Waals surface area contributed by atoms with Gasteiger partial charge in [-0.25, -0.2) is 13.1 Å². The van der Waals surface area contributed by atoms with Crippen molar-refractivity contribution in [2.45, 2.75) is 31.7 Å². The average molecular weight is 452 g/mol. The molecule has 0 fully saturated rings. The second-order valence-corrected chi connectivity index (χ2v) is 8.96. The number of rotatable bonds is 8. The van der Waals surface area contributed by atoms with Crippen molar-refractivity contribution in [3.63, 3.8) is 0 Å². The minimum atomic E-state index is -3.82. The molecule has 3 rings (SSSR count). The lowest BCUT2D eigenvalue weighted by molar-refractivity contribution is -0.115. The van der Waals surface area contributed by atoms with Crippen molar-refractivity contribution in [3.05, 3.63) is 89.5 Å². The number of hydrogen-bond acceptors (Lipinski definition) is 4. The molecule has 7 nitrogen and oxygen atoms in total. The molecule has 0 heterocycles. The molecule has 0 aliphatic heterocycles. The number of hydrogen-bond donors (Lipinski definition) is 3. The number of carbonyl (C=O) groups is 2. The van der Waals surface area contributed by atoms with Gasteiger partial charge in [-0.2, -0.15) is 0 Å². The zero-order valence-electron chi connectivity index (χ0n) is 17.9. The molecule has 0 unspecified atom stereocenters. The molecule has 0 saturated heterocycles. The van der Waals surface area contributed by atoms with E-state index in [0.29, 0.717) is 23.4 Å². The van der Waals surface area contributed by atoms with Gasteiger partial charge in [0, 0.05) is 29.9 Å². The standard InChI is InChI=1S/C24H25N3O4S/c1-3-23(28)26-20-10-7-11-21(15-20)27-24(29)19-13-12-17(2)22(14-19)32(30,31)25-16-18-8-5-4-6-9-18/h4-15,25H,3,16H2,1-2H3,(H,26,28)(H,27,29). The third-order valence-corrected chi connectivity index (χ3v) is 6.32. The Morgan fingerprint density at radius 2 is 1.53 bits per heavy atom. The molecular weight excluding hydrogens is 426 g/mol. The fourth-order valence-electron chi connectivity index (χ4n) is 3.01. The Hall–Kier alpha value is -3.49. The fraction of sp³-hybridized carbons (Fsp3) is 0.167. The van der Waals surface area contributed by atoms with Gasteiger partial charge in [-0.1, -0.05) is 49.4 Å². The highest BCUT2D eigenvalue weighted by atomic mass is 32.2. The van der Waals surface area contributed by atoms with E-state index in [1.165, 1.54) is 6.07 Å². The zero-order chi connectivity index (χ0) is 23.1. The molecule has 0 radical (unpaired) electrons. The van der Waals surface area contributed by atoms with Crippen molar-refractivity contribution in [2.24, 2.45) is 0 Å². The maximum Gasteiger partial charge on any atom is 0.255 e. The maximum atomic E-state index is 12.9. The quantitative estimate of drug-likeness (QED) is 0.480. The van der Waals surface area contributed by atoms with E-state index in [4.69, 9.17) is 0 Å². The minimum Gasteiger partial charge on any atom is -0.326 e. The number of amides is 2. The van der Waals surface area contributed by atoms with Crippen LogP contribution in [-0.2, 0) is 21.4 Å². The lowest BCUT2D eigenvalue weighted by Crippen LogP contribution is -2.24. The van der Waals surface area contributed by atoms with Crippen molar-refractivity contribution in [1.29, 1.82) is 0 Å². The second-order valence-electron chi connectivity index (χ2n) is 7.23. The molecule has 0 aromatic heterocycles. The lowest BCUT2D eigenvalue weighted by atomic mass is 10.1. The second kappa shape index (κ2) is 10.2. The SMILES string of the molecule is CCC(=O)Nc1cccc(NC(=O)c2ccc(C)c(S(=O)(=O)NCc3ccccc3)c2)c1. The van der Waals surface area contributed by atoms with E-state index in [0.717, 1.165) is 5.56 Å². The Kier molecular flexibility index (Phi) is 7.40. The summed E-state index contributed by atoms with van der Waals surface area (Å²) >= 11 is 0. The highest BCUT2D eigenvalue weighted by molar-refractivity contribution is 7.89. The largest absolute Gasteiger partial charge is 0.326 e. The molecule has 166 valence electrons. The highest BCUT2D eigenvalue weighted by Gasteiger charge is 2.19. The van der Waals surface area contributed by atoms with Crippen LogP contribution in [0.25, 0.3) is 0 Å². The normalized spacial score (nSPS) is 11.1. The Morgan fingerprint density at radius 3 is 2.22 bits per heavy atom. The summed E-state index contributed by atoms with van der Waals surface area (Å²) in [7, 11) is -3.82. The topological polar surface area (TPSA) is 104 Å². The van der Waals surface area contributed by atoms with Crippen LogP contribution in [0.2, 0.25) is 0 Å². The molecule has 2 amide bonds. The summed E-state index contributed by atoms with van der Waals surface area (Å²) in [5, 5.41) is 5.47. The van der Waals surface area contributed by atoms with Crippen molar-refractivity contribution < 1.29 is 18.0 Å². The molecule has 8 heteroatoms. The van der Waals surface area contributed by atoms with Crippen molar-refractivity contribution in [2.75, 3.05) is 10.6 Å². The van der Waals surface area contributed by atoms with Crippen LogP contribution in [0, 0.1) is 6.92 Å². The summed E-state index contributed by atoms with van der Waals surface area (Å²) in [6, 6.07) is 20.5. The van der Waals surface area contributed by atoms with Crippen molar-refractivity contribution >= 4 is 33.2 Å². The number of aryl methyl sites for hydroxylation is 1. The smallest absolute Gasteiger partial charge is 0.255 e. The molecule has 0 saturated carbocycles. The highest BCUT2D eigenvalue weighted by Crippen LogP contribution is 2.20. The summed E-state index contributed by atoms with van der Waals surface area (Å²) in [4.78, 5) is 24.4. The van der Waals surface area contributed by atoms with Crippen LogP contribution in [-0.4, -0.2) is 20.2 Å². The number of anilines is 2. The summed E-state index contributed by atoms with van der Waals surface area (Å²) in [6.07, 6.45) is 0.343. The third-order valence-electron chi connectivity index (χ3n) is 4.77. The van der Waals surface area contributed by atoms with Gasteiger partial charge >= 0.3 is 0 Å². The average Bonchev–Trinajstić information content (AvgIpc) is 2.78. The minimum absolute atomic E-state index is 0.0463. The lowest BCUT2D eigenvalue weighted by Gasteiger charge is -2.12. The Morgan fingerprint density at radius 1 is 0.844 bits per heavy atom. The first-order valence-electron chi connectivity index (χ1n) is 10.1. The molecule has 0 spiro atoms. The predicted octanol–water partition coefficient (Wildman–Crippen LogP) is 4.07. The zero-order valence-corrected chi connectivity index (χ0v) is 18.7. The molecule has 3 N–H and O–H groups in total. The monoisotopic (exact) mass is 451 g/mol. The van der Waals surface area contributed by atoms with Crippen LogP contribution in [0.5, 0.6) is 0 Å². The first kappa shape index (κ1) is 23.2. The van der Waals surface area contributed by atoms with Crippen LogP contribution in [0.15, 0.2) is 77.7 Å². The molecule has 0 aliphatic rings. The molecule has 3 aromatic rings. The molecule has 32 heavy (non-hydrogen) atoms. The van der Waals surface area contributed by atoms with E-state index < -0.39 is 15.9 Å². The van der Waals surface area contributed by atoms with Gasteiger partial charge in [-0.3, -0.25) is 9.59 Å². The van der Waals surface area contributed by atoms with E-state index in [-0.39, 0.29) is 22.9 Å². The van der Waals surface area contributed by atoms with Gasteiger partial charge in [0.2, 0.25) is 15.9 Å². The van der Waals surface area contributed by atoms with Gasteiger partial charge in [0.05, 0.1) is 4.90 Å². The predicted molar refractivity (Wildman–Crippen MR) is 125 cm³/mol. The van der Waals surface area contributed by atoms with Gasteiger partial charge in [0.25, 0.3) is 5.91 Å². The van der Waals surface area contributed by atoms with Crippen LogP contribution in [0.3, 0.4) is 0 Å². The Labute approximate surface area is 187 Å². The molecule has 3 aromatic carbocycles. The summed E-state index contributed by atoms with van der Waals surface area (Å²) in [5.74, 6) is -0.590. The number of sulfonamides is 1. The van der Waals surface area contributed by atoms with E-state index in [1.807, 2.05) is 30.3 Å². The van der Waals surface area contributed by atoms with E-state index in [9.17, 15) is 18.0 Å². The van der Waals surface area contributed by atoms with Crippen LogP contribution in [0.4, 0.5) is 11.4 Å². The van der Waals surface area contributed by atoms with Crippen molar-refractivity contribution in [1.82, 2.24) is 4.72 Å². The first-order chi connectivity index (χ1) is 15.3. The van der Waals surface area contributed by atoms with E-state index >= 15 is 0 Å². The van der Waals surface area contributed by atoms with Gasteiger partial charge in [0.15, 0.2) is 0 Å². The van der Waals surface area contributed by atoms with Crippen molar-refractivity contribution in [3.8, 4) is 0 Å². The van der Waals surface area contributed by atoms with Gasteiger partial charge < -0.3 is 10.6 Å². The van der Waals surface area contributed by atoms with Crippen LogP contribution < -0.4 is 15.4 Å². The first-order valence-corrected chi connectivity index (χ1v) is 11.6. The van der Waals surface area contributed by atoms with E-state index in [2.05, 4.69) is 15.4 Å². The van der Waals surface area contributed by atoms with Gasteiger partial charge in [-0.05, 0) is 48.4 Å². The maximum absolute atomic E-state index is 12.9. The molecule has 0 aliphatic carbocycles. The van der Waals surface area contributed by atoms with Gasteiger partial charge in [-0.15, -0.1) is 0 Å². The van der Waals surface area contributed by atoms with Gasteiger partial charge in [0.1, 0.15) is 0 Å². The fourth-order valence-corrected chi connectivity index (χ4v) is 4.30.